The second-order valence-electron chi connectivity index (χ2n) is 5.40. The molecule has 0 fully saturated rings. The molecule has 3 heterocycles. The molecule has 1 amide bonds. The van der Waals surface area contributed by atoms with Gasteiger partial charge in [-0.25, -0.2) is 4.98 Å². The fourth-order valence-corrected chi connectivity index (χ4v) is 3.00. The first-order valence-corrected chi connectivity index (χ1v) is 8.48. The molecule has 0 saturated heterocycles. The summed E-state index contributed by atoms with van der Waals surface area (Å²) < 4.78 is 3.74. The first kappa shape index (κ1) is 15.6. The summed E-state index contributed by atoms with van der Waals surface area (Å²) >= 11 is 1.17. The van der Waals surface area contributed by atoms with Gasteiger partial charge in [0.15, 0.2) is 5.69 Å². The smallest absolute Gasteiger partial charge is 0.275 e. The lowest BCUT2D eigenvalue weighted by Crippen LogP contribution is -2.37. The van der Waals surface area contributed by atoms with Crippen molar-refractivity contribution >= 4 is 29.2 Å². The van der Waals surface area contributed by atoms with E-state index < -0.39 is 0 Å². The minimum atomic E-state index is -0.123. The van der Waals surface area contributed by atoms with E-state index in [0.717, 1.165) is 36.5 Å². The zero-order valence-electron chi connectivity index (χ0n) is 12.9. The number of anilines is 2. The second-order valence-corrected chi connectivity index (χ2v) is 6.01. The normalized spacial score (nSPS) is 13.7. The number of amides is 1. The van der Waals surface area contributed by atoms with E-state index in [4.69, 9.17) is 5.73 Å². The zero-order valence-corrected chi connectivity index (χ0v) is 13.8. The van der Waals surface area contributed by atoms with Gasteiger partial charge < -0.3 is 16.0 Å². The average Bonchev–Trinajstić information content (AvgIpc) is 3.08. The number of carbonyl (C=O) groups excluding carboxylic acids is 1. The van der Waals surface area contributed by atoms with Gasteiger partial charge in [0.05, 0.1) is 12.2 Å². The molecule has 1 aliphatic heterocycles. The van der Waals surface area contributed by atoms with Crippen molar-refractivity contribution in [3.8, 4) is 0 Å². The van der Waals surface area contributed by atoms with E-state index in [0.29, 0.717) is 25.2 Å². The van der Waals surface area contributed by atoms with Gasteiger partial charge >= 0.3 is 0 Å². The van der Waals surface area contributed by atoms with Crippen LogP contribution in [0.4, 0.5) is 11.8 Å². The Balaban J connectivity index is 1.79. The van der Waals surface area contributed by atoms with Gasteiger partial charge in [0.2, 0.25) is 5.95 Å². The fourth-order valence-electron chi connectivity index (χ4n) is 2.57. The Morgan fingerprint density at radius 2 is 2.35 bits per heavy atom. The number of carbonyl (C=O) groups is 1. The van der Waals surface area contributed by atoms with Crippen LogP contribution in [0.3, 0.4) is 0 Å². The van der Waals surface area contributed by atoms with Gasteiger partial charge in [-0.3, -0.25) is 4.79 Å². The van der Waals surface area contributed by atoms with Crippen LogP contribution < -0.4 is 11.1 Å². The topological polar surface area (TPSA) is 110 Å². The summed E-state index contributed by atoms with van der Waals surface area (Å²) in [6.07, 6.45) is 2.88. The summed E-state index contributed by atoms with van der Waals surface area (Å²) in [7, 11) is 0. The molecule has 0 aliphatic carbocycles. The highest BCUT2D eigenvalue weighted by atomic mass is 32.1. The maximum atomic E-state index is 12.4. The third kappa shape index (κ3) is 3.39. The van der Waals surface area contributed by atoms with Crippen LogP contribution in [0.25, 0.3) is 0 Å². The quantitative estimate of drug-likeness (QED) is 0.794. The summed E-state index contributed by atoms with van der Waals surface area (Å²) in [5.41, 5.74) is 8.05. The number of hydrogen-bond acceptors (Lipinski definition) is 8. The third-order valence-corrected chi connectivity index (χ3v) is 4.28. The molecule has 0 spiro atoms. The number of rotatable bonds is 5. The van der Waals surface area contributed by atoms with Crippen LogP contribution in [0.1, 0.15) is 41.5 Å². The number of nitrogens with zero attached hydrogens (tertiary/aromatic N) is 5. The number of unbranched alkanes of at least 4 members (excludes halogenated alkanes) is 1. The number of nitrogens with one attached hydrogen (secondary N) is 1. The number of nitrogens with two attached hydrogens (primary N) is 1. The van der Waals surface area contributed by atoms with E-state index in [9.17, 15) is 4.79 Å². The molecule has 0 aromatic carbocycles. The van der Waals surface area contributed by atoms with Gasteiger partial charge in [-0.15, -0.1) is 5.10 Å². The van der Waals surface area contributed by atoms with Crippen LogP contribution >= 0.6 is 11.5 Å². The van der Waals surface area contributed by atoms with Crippen molar-refractivity contribution in [2.75, 3.05) is 24.1 Å². The molecule has 8 nitrogen and oxygen atoms in total. The van der Waals surface area contributed by atoms with Crippen molar-refractivity contribution in [2.45, 2.75) is 32.7 Å². The average molecular weight is 333 g/mol. The Kier molecular flexibility index (Phi) is 4.65. The summed E-state index contributed by atoms with van der Waals surface area (Å²) in [6.45, 7) is 4.02. The number of fused-ring (bicyclic) bond motifs is 1. The highest BCUT2D eigenvalue weighted by Gasteiger charge is 2.26. The maximum Gasteiger partial charge on any atom is 0.275 e. The molecule has 0 atom stereocenters. The zero-order chi connectivity index (χ0) is 16.2. The van der Waals surface area contributed by atoms with Gasteiger partial charge in [-0.2, -0.15) is 4.98 Å². The van der Waals surface area contributed by atoms with Gasteiger partial charge in [0.1, 0.15) is 5.82 Å². The molecule has 2 aromatic heterocycles. The first-order chi connectivity index (χ1) is 11.2. The summed E-state index contributed by atoms with van der Waals surface area (Å²) in [4.78, 5) is 22.7. The molecule has 9 heteroatoms. The van der Waals surface area contributed by atoms with Gasteiger partial charge in [0, 0.05) is 24.0 Å². The minimum Gasteiger partial charge on any atom is -0.370 e. The monoisotopic (exact) mass is 333 g/mol. The van der Waals surface area contributed by atoms with Gasteiger partial charge in [-0.1, -0.05) is 17.8 Å². The Hall–Kier alpha value is -2.29. The number of hydrogen-bond donors (Lipinski definition) is 2. The van der Waals surface area contributed by atoms with Crippen LogP contribution in [-0.2, 0) is 13.0 Å². The second kappa shape index (κ2) is 6.86. The Morgan fingerprint density at radius 1 is 1.48 bits per heavy atom. The molecular formula is C14H19N7OS. The molecular weight excluding hydrogens is 314 g/mol. The van der Waals surface area contributed by atoms with Crippen LogP contribution in [0.2, 0.25) is 0 Å². The predicted octanol–water partition coefficient (Wildman–Crippen LogP) is 1.32. The molecule has 23 heavy (non-hydrogen) atoms. The standard InChI is InChI=1S/C14H19N7OS/c1-2-3-5-16-12-9-4-6-21(7-10(9)17-14(15)18-12)13(22)11-8-23-20-19-11/h8H,2-7H2,1H3,(H3,15,16,17,18). The highest BCUT2D eigenvalue weighted by molar-refractivity contribution is 7.03. The van der Waals surface area contributed by atoms with Crippen LogP contribution in [0, 0.1) is 0 Å². The van der Waals surface area contributed by atoms with E-state index in [2.05, 4.69) is 31.8 Å². The molecule has 2 aromatic rings. The van der Waals surface area contributed by atoms with Gasteiger partial charge in [-0.05, 0) is 24.4 Å². The summed E-state index contributed by atoms with van der Waals surface area (Å²) in [5.74, 6) is 0.901. The van der Waals surface area contributed by atoms with Crippen molar-refractivity contribution in [1.29, 1.82) is 0 Å². The SMILES string of the molecule is CCCCNc1nc(N)nc2c1CCN(C(=O)c1csnn1)C2. The van der Waals surface area contributed by atoms with E-state index in [1.165, 1.54) is 11.5 Å². The summed E-state index contributed by atoms with van der Waals surface area (Å²) in [5, 5.41) is 8.83. The third-order valence-electron chi connectivity index (χ3n) is 3.77. The minimum absolute atomic E-state index is 0.123. The first-order valence-electron chi connectivity index (χ1n) is 7.64. The van der Waals surface area contributed by atoms with E-state index >= 15 is 0 Å². The largest absolute Gasteiger partial charge is 0.370 e. The lowest BCUT2D eigenvalue weighted by atomic mass is 10.0. The van der Waals surface area contributed by atoms with E-state index in [1.54, 1.807) is 10.3 Å². The van der Waals surface area contributed by atoms with Gasteiger partial charge in [0.25, 0.3) is 5.91 Å². The van der Waals surface area contributed by atoms with Crippen LogP contribution in [0.5, 0.6) is 0 Å². The Bertz CT molecular complexity index is 689. The lowest BCUT2D eigenvalue weighted by Gasteiger charge is -2.28. The maximum absolute atomic E-state index is 12.4. The number of nitrogen functional groups attached to an aromatic ring is 1. The van der Waals surface area contributed by atoms with Crippen molar-refractivity contribution in [2.24, 2.45) is 0 Å². The fraction of sp³-hybridized carbons (Fsp3) is 0.500. The molecule has 0 unspecified atom stereocenters. The van der Waals surface area contributed by atoms with Crippen molar-refractivity contribution < 1.29 is 4.79 Å². The molecule has 1 aliphatic rings. The van der Waals surface area contributed by atoms with E-state index in [-0.39, 0.29) is 11.9 Å². The predicted molar refractivity (Wildman–Crippen MR) is 88.2 cm³/mol. The van der Waals surface area contributed by atoms with Crippen LogP contribution in [-0.4, -0.2) is 43.5 Å². The van der Waals surface area contributed by atoms with Crippen LogP contribution in [0.15, 0.2) is 5.38 Å². The van der Waals surface area contributed by atoms with Crippen molar-refractivity contribution in [3.05, 3.63) is 22.3 Å². The molecule has 3 rings (SSSR count). The lowest BCUT2D eigenvalue weighted by molar-refractivity contribution is 0.0726. The summed E-state index contributed by atoms with van der Waals surface area (Å²) in [6, 6.07) is 0. The highest BCUT2D eigenvalue weighted by Crippen LogP contribution is 2.25. The molecule has 0 bridgehead atoms. The molecule has 0 saturated carbocycles. The Labute approximate surface area is 138 Å². The van der Waals surface area contributed by atoms with Crippen molar-refractivity contribution in [1.82, 2.24) is 24.5 Å². The van der Waals surface area contributed by atoms with Crippen molar-refractivity contribution in [3.63, 3.8) is 0 Å². The van der Waals surface area contributed by atoms with E-state index in [1.807, 2.05) is 0 Å². The number of aromatic nitrogens is 4. The molecule has 3 N–H and O–H groups in total. The Morgan fingerprint density at radius 3 is 3.09 bits per heavy atom. The molecule has 122 valence electrons. The molecule has 0 radical (unpaired) electrons.